The number of hydrazine groups is 1. The van der Waals surface area contributed by atoms with Crippen LogP contribution in [0.3, 0.4) is 0 Å². The zero-order valence-corrected chi connectivity index (χ0v) is 14.1. The van der Waals surface area contributed by atoms with Gasteiger partial charge < -0.3 is 10.5 Å². The second kappa shape index (κ2) is 8.32. The molecule has 0 saturated heterocycles. The Labute approximate surface area is 147 Å². The smallest absolute Gasteiger partial charge is 0.242 e. The Morgan fingerprint density at radius 2 is 1.92 bits per heavy atom. The molecule has 4 N–H and O–H groups in total. The minimum absolute atomic E-state index is 0.145. The number of anilines is 2. The van der Waals surface area contributed by atoms with E-state index in [-0.39, 0.29) is 18.4 Å². The summed E-state index contributed by atoms with van der Waals surface area (Å²) < 4.78 is 5.90. The van der Waals surface area contributed by atoms with E-state index in [1.807, 2.05) is 30.3 Å². The molecule has 132 valence electrons. The van der Waals surface area contributed by atoms with Crippen molar-refractivity contribution in [3.8, 4) is 5.88 Å². The molecule has 0 radical (unpaired) electrons. The number of hydrogen-bond acceptors (Lipinski definition) is 6. The summed E-state index contributed by atoms with van der Waals surface area (Å²) in [7, 11) is 0. The molecule has 0 unspecified atom stereocenters. The van der Waals surface area contributed by atoms with E-state index >= 15 is 0 Å². The molecule has 2 aromatic rings. The predicted octanol–water partition coefficient (Wildman–Crippen LogP) is 2.46. The Morgan fingerprint density at radius 1 is 1.16 bits per heavy atom. The van der Waals surface area contributed by atoms with Gasteiger partial charge in [0.25, 0.3) is 0 Å². The normalized spacial score (nSPS) is 14.7. The first-order chi connectivity index (χ1) is 12.2. The van der Waals surface area contributed by atoms with Crippen molar-refractivity contribution < 1.29 is 9.53 Å². The van der Waals surface area contributed by atoms with E-state index < -0.39 is 0 Å². The highest BCUT2D eigenvalue weighted by atomic mass is 16.5. The van der Waals surface area contributed by atoms with E-state index in [0.717, 1.165) is 31.2 Å². The van der Waals surface area contributed by atoms with Crippen LogP contribution in [-0.4, -0.2) is 22.0 Å². The summed E-state index contributed by atoms with van der Waals surface area (Å²) in [6.45, 7) is 0. The summed E-state index contributed by atoms with van der Waals surface area (Å²) in [5, 5.41) is 0. The van der Waals surface area contributed by atoms with Gasteiger partial charge in [-0.05, 0) is 31.2 Å². The van der Waals surface area contributed by atoms with Crippen LogP contribution >= 0.6 is 0 Å². The Hall–Kier alpha value is -2.83. The molecule has 1 aromatic heterocycles. The molecular weight excluding hydrogens is 318 g/mol. The van der Waals surface area contributed by atoms with Crippen molar-refractivity contribution >= 4 is 17.4 Å². The van der Waals surface area contributed by atoms with Crippen molar-refractivity contribution in [1.82, 2.24) is 15.4 Å². The third-order valence-electron chi connectivity index (χ3n) is 4.21. The summed E-state index contributed by atoms with van der Waals surface area (Å²) >= 11 is 0. The fourth-order valence-corrected chi connectivity index (χ4v) is 2.87. The molecule has 1 aliphatic carbocycles. The number of benzene rings is 1. The van der Waals surface area contributed by atoms with Crippen LogP contribution in [0.15, 0.2) is 36.7 Å². The highest BCUT2D eigenvalue weighted by Crippen LogP contribution is 2.28. The van der Waals surface area contributed by atoms with Gasteiger partial charge in [0.2, 0.25) is 11.8 Å². The molecule has 1 aliphatic rings. The van der Waals surface area contributed by atoms with Gasteiger partial charge in [-0.25, -0.2) is 4.98 Å². The predicted molar refractivity (Wildman–Crippen MR) is 95.9 cm³/mol. The van der Waals surface area contributed by atoms with E-state index in [4.69, 9.17) is 10.5 Å². The van der Waals surface area contributed by atoms with Gasteiger partial charge in [0.05, 0.1) is 6.42 Å². The molecular formula is C18H23N5O2. The second-order valence-electron chi connectivity index (χ2n) is 6.15. The topological polar surface area (TPSA) is 102 Å². The molecule has 1 fully saturated rings. The zero-order chi connectivity index (χ0) is 17.5. The molecule has 0 atom stereocenters. The number of amides is 1. The molecule has 0 bridgehead atoms. The van der Waals surface area contributed by atoms with Crippen molar-refractivity contribution in [2.45, 2.75) is 44.6 Å². The highest BCUT2D eigenvalue weighted by molar-refractivity contribution is 5.80. The lowest BCUT2D eigenvalue weighted by molar-refractivity contribution is -0.119. The molecule has 1 heterocycles. The maximum Gasteiger partial charge on any atom is 0.242 e. The zero-order valence-electron chi connectivity index (χ0n) is 14.1. The van der Waals surface area contributed by atoms with Crippen molar-refractivity contribution in [2.24, 2.45) is 0 Å². The highest BCUT2D eigenvalue weighted by Gasteiger charge is 2.18. The SMILES string of the molecule is Nc1c(NNC(=O)Cc2ccccc2)ncnc1OC1CCCCC1. The van der Waals surface area contributed by atoms with E-state index in [1.165, 1.54) is 12.7 Å². The number of nitrogen functional groups attached to an aromatic ring is 1. The summed E-state index contributed by atoms with van der Waals surface area (Å²) in [4.78, 5) is 20.2. The number of rotatable bonds is 6. The standard InChI is InChI=1S/C18H23N5O2/c19-16-17(23-22-15(24)11-13-7-3-1-4-8-13)20-12-21-18(16)25-14-9-5-2-6-10-14/h1,3-4,7-8,12,14H,2,5-6,9-11,19H2,(H,22,24)(H,20,21,23). The molecule has 1 aromatic carbocycles. The van der Waals surface area contributed by atoms with Gasteiger partial charge in [-0.2, -0.15) is 4.98 Å². The van der Waals surface area contributed by atoms with Crippen LogP contribution in [0.2, 0.25) is 0 Å². The molecule has 7 heteroatoms. The fraction of sp³-hybridized carbons (Fsp3) is 0.389. The first-order valence-corrected chi connectivity index (χ1v) is 8.58. The average Bonchev–Trinajstić information content (AvgIpc) is 2.64. The summed E-state index contributed by atoms with van der Waals surface area (Å²) in [6.07, 6.45) is 7.39. The third-order valence-corrected chi connectivity index (χ3v) is 4.21. The number of carbonyl (C=O) groups excluding carboxylic acids is 1. The number of ether oxygens (including phenoxy) is 1. The monoisotopic (exact) mass is 341 g/mol. The van der Waals surface area contributed by atoms with Gasteiger partial charge in [-0.3, -0.25) is 15.6 Å². The minimum atomic E-state index is -0.182. The second-order valence-corrected chi connectivity index (χ2v) is 6.15. The van der Waals surface area contributed by atoms with E-state index in [0.29, 0.717) is 17.4 Å². The lowest BCUT2D eigenvalue weighted by Crippen LogP contribution is -2.31. The number of aromatic nitrogens is 2. The third kappa shape index (κ3) is 4.82. The molecule has 3 rings (SSSR count). The Morgan fingerprint density at radius 3 is 2.68 bits per heavy atom. The van der Waals surface area contributed by atoms with Crippen molar-refractivity contribution in [2.75, 3.05) is 11.2 Å². The van der Waals surface area contributed by atoms with Crippen LogP contribution in [0, 0.1) is 0 Å². The molecule has 1 amide bonds. The minimum Gasteiger partial charge on any atom is -0.473 e. The average molecular weight is 341 g/mol. The lowest BCUT2D eigenvalue weighted by Gasteiger charge is -2.23. The molecule has 0 aliphatic heterocycles. The van der Waals surface area contributed by atoms with Crippen LogP contribution in [0.25, 0.3) is 0 Å². The summed E-state index contributed by atoms with van der Waals surface area (Å²) in [5.41, 5.74) is 12.7. The van der Waals surface area contributed by atoms with Gasteiger partial charge in [-0.15, -0.1) is 0 Å². The van der Waals surface area contributed by atoms with Gasteiger partial charge in [0, 0.05) is 0 Å². The van der Waals surface area contributed by atoms with Crippen molar-refractivity contribution in [3.63, 3.8) is 0 Å². The molecule has 7 nitrogen and oxygen atoms in total. The first kappa shape index (κ1) is 17.0. The number of carbonyl (C=O) groups is 1. The number of nitrogens with zero attached hydrogens (tertiary/aromatic N) is 2. The molecule has 25 heavy (non-hydrogen) atoms. The van der Waals surface area contributed by atoms with E-state index in [2.05, 4.69) is 20.8 Å². The van der Waals surface area contributed by atoms with Crippen LogP contribution in [0.4, 0.5) is 11.5 Å². The van der Waals surface area contributed by atoms with Gasteiger partial charge in [0.1, 0.15) is 18.1 Å². The Balaban J connectivity index is 1.57. The summed E-state index contributed by atoms with van der Waals surface area (Å²) in [5.74, 6) is 0.517. The molecule has 0 spiro atoms. The van der Waals surface area contributed by atoms with Crippen LogP contribution in [0.5, 0.6) is 5.88 Å². The van der Waals surface area contributed by atoms with E-state index in [9.17, 15) is 4.79 Å². The first-order valence-electron chi connectivity index (χ1n) is 8.58. The van der Waals surface area contributed by atoms with Gasteiger partial charge in [0.15, 0.2) is 5.82 Å². The van der Waals surface area contributed by atoms with Crippen LogP contribution in [0.1, 0.15) is 37.7 Å². The lowest BCUT2D eigenvalue weighted by atomic mass is 9.98. The van der Waals surface area contributed by atoms with Crippen molar-refractivity contribution in [3.05, 3.63) is 42.2 Å². The number of hydrogen-bond donors (Lipinski definition) is 3. The largest absolute Gasteiger partial charge is 0.473 e. The number of nitrogens with two attached hydrogens (primary N) is 1. The van der Waals surface area contributed by atoms with Gasteiger partial charge >= 0.3 is 0 Å². The summed E-state index contributed by atoms with van der Waals surface area (Å²) in [6, 6.07) is 9.50. The maximum absolute atomic E-state index is 12.0. The van der Waals surface area contributed by atoms with E-state index in [1.54, 1.807) is 0 Å². The van der Waals surface area contributed by atoms with Crippen LogP contribution in [-0.2, 0) is 11.2 Å². The number of nitrogens with one attached hydrogen (secondary N) is 2. The Bertz CT molecular complexity index is 702. The maximum atomic E-state index is 12.0. The van der Waals surface area contributed by atoms with Crippen molar-refractivity contribution in [1.29, 1.82) is 0 Å². The Kier molecular flexibility index (Phi) is 5.66. The molecule has 1 saturated carbocycles. The quantitative estimate of drug-likeness (QED) is 0.698. The van der Waals surface area contributed by atoms with Gasteiger partial charge in [-0.1, -0.05) is 36.8 Å². The fourth-order valence-electron chi connectivity index (χ4n) is 2.87. The van der Waals surface area contributed by atoms with Crippen LogP contribution < -0.4 is 21.3 Å².